The number of piperazine rings is 1. The molecular weight excluding hydrogens is 592 g/mol. The third kappa shape index (κ3) is 7.36. The van der Waals surface area contributed by atoms with Gasteiger partial charge in [0.1, 0.15) is 6.04 Å². The number of amides is 3. The molecule has 47 heavy (non-hydrogen) atoms. The Balaban J connectivity index is 1.13. The molecule has 3 saturated heterocycles. The van der Waals surface area contributed by atoms with E-state index in [1.807, 2.05) is 54.3 Å². The van der Waals surface area contributed by atoms with Gasteiger partial charge < -0.3 is 36.1 Å². The number of nitrogens with two attached hydrogens (primary N) is 1. The first kappa shape index (κ1) is 32.7. The fraction of sp³-hybridized carbons (Fsp3) is 0.500. The summed E-state index contributed by atoms with van der Waals surface area (Å²) in [5.41, 5.74) is 10.6. The number of nitrogen functional groups attached to an aromatic ring is 1. The third-order valence-electron chi connectivity index (χ3n) is 10.5. The van der Waals surface area contributed by atoms with Gasteiger partial charge in [0, 0.05) is 80.3 Å². The van der Waals surface area contributed by atoms with Gasteiger partial charge >= 0.3 is 6.03 Å². The summed E-state index contributed by atoms with van der Waals surface area (Å²) in [5, 5.41) is 11.9. The number of hydrogen-bond acceptors (Lipinski definition) is 7. The van der Waals surface area contributed by atoms with Crippen LogP contribution in [0.3, 0.4) is 0 Å². The largest absolute Gasteiger partial charge is 0.398 e. The molecule has 0 radical (unpaired) electrons. The van der Waals surface area contributed by atoms with Crippen molar-refractivity contribution in [2.75, 3.05) is 65.1 Å². The van der Waals surface area contributed by atoms with E-state index in [-0.39, 0.29) is 23.4 Å². The third-order valence-corrected chi connectivity index (χ3v) is 10.5. The van der Waals surface area contributed by atoms with Gasteiger partial charge in [0.05, 0.1) is 0 Å². The van der Waals surface area contributed by atoms with Crippen molar-refractivity contribution in [3.8, 4) is 0 Å². The Hall–Kier alpha value is -4.22. The molecule has 6 rings (SSSR count). The number of carbonyl (C=O) groups excluding carboxylic acids is 2. The highest BCUT2D eigenvalue weighted by molar-refractivity contribution is 5.89. The van der Waals surface area contributed by atoms with Crippen LogP contribution in [0.4, 0.5) is 10.5 Å². The van der Waals surface area contributed by atoms with Crippen molar-refractivity contribution in [1.82, 2.24) is 29.9 Å². The smallest absolute Gasteiger partial charge is 0.318 e. The van der Waals surface area contributed by atoms with Crippen LogP contribution in [0.1, 0.15) is 53.9 Å². The highest BCUT2D eigenvalue weighted by Gasteiger charge is 2.34. The van der Waals surface area contributed by atoms with Crippen molar-refractivity contribution in [3.05, 3.63) is 75.1 Å². The van der Waals surface area contributed by atoms with Crippen LogP contribution in [0.25, 0.3) is 10.9 Å². The number of piperidine rings is 2. The number of rotatable bonds is 7. The van der Waals surface area contributed by atoms with E-state index in [2.05, 4.69) is 27.1 Å². The molecule has 0 aliphatic carbocycles. The van der Waals surface area contributed by atoms with Gasteiger partial charge in [-0.1, -0.05) is 24.3 Å². The second kappa shape index (κ2) is 14.3. The first-order valence-electron chi connectivity index (χ1n) is 17.0. The first-order valence-corrected chi connectivity index (χ1v) is 17.0. The minimum Gasteiger partial charge on any atom is -0.398 e. The summed E-state index contributed by atoms with van der Waals surface area (Å²) in [5.74, 6) is -0.0205. The predicted octanol–water partition coefficient (Wildman–Crippen LogP) is 3.16. The van der Waals surface area contributed by atoms with E-state index in [0.717, 1.165) is 66.6 Å². The molecule has 2 aromatic carbocycles. The molecular formula is C36H48N8O3. The van der Waals surface area contributed by atoms with Crippen molar-refractivity contribution in [2.24, 2.45) is 0 Å². The van der Waals surface area contributed by atoms with Crippen LogP contribution in [0.5, 0.6) is 0 Å². The van der Waals surface area contributed by atoms with Gasteiger partial charge in [-0.2, -0.15) is 0 Å². The maximum atomic E-state index is 14.1. The highest BCUT2D eigenvalue weighted by atomic mass is 16.2. The number of nitrogens with one attached hydrogen (secondary N) is 3. The van der Waals surface area contributed by atoms with Gasteiger partial charge in [0.25, 0.3) is 5.56 Å². The predicted molar refractivity (Wildman–Crippen MR) is 186 cm³/mol. The Morgan fingerprint density at radius 3 is 2.38 bits per heavy atom. The van der Waals surface area contributed by atoms with E-state index in [4.69, 9.17) is 11.1 Å². The minimum atomic E-state index is -0.750. The van der Waals surface area contributed by atoms with Crippen LogP contribution < -0.4 is 16.6 Å². The number of pyridine rings is 1. The van der Waals surface area contributed by atoms with Gasteiger partial charge in [-0.15, -0.1) is 0 Å². The van der Waals surface area contributed by atoms with Crippen LogP contribution in [-0.2, 0) is 11.2 Å². The van der Waals surface area contributed by atoms with Gasteiger partial charge in [-0.05, 0) is 93.4 Å². The monoisotopic (exact) mass is 640 g/mol. The maximum absolute atomic E-state index is 14.1. The van der Waals surface area contributed by atoms with Crippen molar-refractivity contribution in [1.29, 1.82) is 5.41 Å². The van der Waals surface area contributed by atoms with Crippen molar-refractivity contribution in [2.45, 2.75) is 57.0 Å². The number of aromatic amines is 1. The second-order valence-electron chi connectivity index (χ2n) is 13.6. The molecule has 3 fully saturated rings. The van der Waals surface area contributed by atoms with E-state index < -0.39 is 6.04 Å². The summed E-state index contributed by atoms with van der Waals surface area (Å²) in [6.45, 7) is 8.04. The number of urea groups is 1. The molecule has 0 saturated carbocycles. The number of H-pyrrole nitrogens is 1. The molecule has 3 amide bonds. The lowest BCUT2D eigenvalue weighted by Gasteiger charge is -2.43. The summed E-state index contributed by atoms with van der Waals surface area (Å²) >= 11 is 0. The molecule has 11 nitrogen and oxygen atoms in total. The first-order chi connectivity index (χ1) is 22.7. The van der Waals surface area contributed by atoms with Crippen molar-refractivity contribution in [3.63, 3.8) is 0 Å². The van der Waals surface area contributed by atoms with Crippen molar-refractivity contribution < 1.29 is 9.59 Å². The van der Waals surface area contributed by atoms with Gasteiger partial charge in [-0.3, -0.25) is 14.5 Å². The van der Waals surface area contributed by atoms with Gasteiger partial charge in [-0.25, -0.2) is 4.79 Å². The molecule has 0 bridgehead atoms. The molecule has 4 heterocycles. The Labute approximate surface area is 276 Å². The lowest BCUT2D eigenvalue weighted by molar-refractivity contribution is -0.135. The SMILES string of the molecule is Cc1cc(C[C@@H](NC(=O)N2CCC(c3cc4ccccc4[nH]c3=O)CC2)C(=O)N2CCN(C3CCN(C)CC3)CC2)cc(C=N)c1N. The van der Waals surface area contributed by atoms with Crippen LogP contribution in [0.15, 0.2) is 47.3 Å². The molecule has 11 heteroatoms. The lowest BCUT2D eigenvalue weighted by atomic mass is 9.89. The molecule has 3 aliphatic rings. The van der Waals surface area contributed by atoms with E-state index in [1.54, 1.807) is 4.90 Å². The number of aryl methyl sites for hydroxylation is 1. The van der Waals surface area contributed by atoms with E-state index >= 15 is 0 Å². The molecule has 250 valence electrons. The lowest BCUT2D eigenvalue weighted by Crippen LogP contribution is -2.59. The summed E-state index contributed by atoms with van der Waals surface area (Å²) in [4.78, 5) is 52.3. The molecule has 1 atom stereocenters. The number of para-hydroxylation sites is 1. The number of nitrogens with zero attached hydrogens (tertiary/aromatic N) is 4. The Morgan fingerprint density at radius 1 is 0.979 bits per heavy atom. The summed E-state index contributed by atoms with van der Waals surface area (Å²) in [6.07, 6.45) is 5.19. The molecule has 0 spiro atoms. The highest BCUT2D eigenvalue weighted by Crippen LogP contribution is 2.28. The number of aromatic nitrogens is 1. The van der Waals surface area contributed by atoms with Crippen LogP contribution >= 0.6 is 0 Å². The summed E-state index contributed by atoms with van der Waals surface area (Å²) in [7, 11) is 2.17. The maximum Gasteiger partial charge on any atom is 0.318 e. The Bertz CT molecular complexity index is 1660. The average Bonchev–Trinajstić information content (AvgIpc) is 3.09. The second-order valence-corrected chi connectivity index (χ2v) is 13.6. The Kier molecular flexibility index (Phi) is 9.93. The molecule has 3 aliphatic heterocycles. The summed E-state index contributed by atoms with van der Waals surface area (Å²) in [6, 6.07) is 13.1. The zero-order chi connectivity index (χ0) is 33.1. The fourth-order valence-corrected chi connectivity index (χ4v) is 7.57. The zero-order valence-electron chi connectivity index (χ0n) is 27.6. The van der Waals surface area contributed by atoms with Gasteiger partial charge in [0.15, 0.2) is 0 Å². The van der Waals surface area contributed by atoms with E-state index in [9.17, 15) is 14.4 Å². The molecule has 3 aromatic rings. The molecule has 1 aromatic heterocycles. The topological polar surface area (TPSA) is 142 Å². The standard InChI is InChI=1S/C36H48N8O3/c1-24-19-25(20-28(23-37)33(24)38)21-32(35(46)43-17-15-42(16-18-43)29-9-11-41(2)12-10-29)40-36(47)44-13-7-26(8-14-44)30-22-27-5-3-4-6-31(27)39-34(30)45/h3-6,19-20,22-23,26,29,32,37H,7-18,21,38H2,1-2H3,(H,39,45)(H,40,47)/t32-/m1/s1. The van der Waals surface area contributed by atoms with Gasteiger partial charge in [0.2, 0.25) is 5.91 Å². The fourth-order valence-electron chi connectivity index (χ4n) is 7.57. The average molecular weight is 641 g/mol. The number of likely N-dealkylation sites (tertiary alicyclic amines) is 2. The molecule has 5 N–H and O–H groups in total. The quantitative estimate of drug-likeness (QED) is 0.231. The van der Waals surface area contributed by atoms with Crippen LogP contribution in [-0.4, -0.2) is 114 Å². The minimum absolute atomic E-state index is 0.0583. The zero-order valence-corrected chi connectivity index (χ0v) is 27.6. The van der Waals surface area contributed by atoms with E-state index in [0.29, 0.717) is 62.7 Å². The number of carbonyl (C=O) groups is 2. The van der Waals surface area contributed by atoms with Crippen molar-refractivity contribution >= 4 is 34.7 Å². The number of anilines is 1. The van der Waals surface area contributed by atoms with Crippen LogP contribution in [0, 0.1) is 12.3 Å². The number of fused-ring (bicyclic) bond motifs is 1. The normalized spacial score (nSPS) is 19.5. The van der Waals surface area contributed by atoms with E-state index in [1.165, 1.54) is 6.21 Å². The molecule has 0 unspecified atom stereocenters. The number of benzene rings is 2. The number of hydrogen-bond donors (Lipinski definition) is 4. The Morgan fingerprint density at radius 2 is 1.68 bits per heavy atom. The van der Waals surface area contributed by atoms with Crippen LogP contribution in [0.2, 0.25) is 0 Å². The summed E-state index contributed by atoms with van der Waals surface area (Å²) < 4.78 is 0.